The molecule has 0 saturated heterocycles. The molecular formula is C22H38Cl2NO4Sn. The molecule has 1 rings (SSSR count). The summed E-state index contributed by atoms with van der Waals surface area (Å²) in [6.45, 7) is 7.21. The van der Waals surface area contributed by atoms with Crippen molar-refractivity contribution in [2.24, 2.45) is 0 Å². The smallest absolute Gasteiger partial charge is 0.303 e. The van der Waals surface area contributed by atoms with Gasteiger partial charge in [-0.05, 0) is 12.8 Å². The second-order valence-electron chi connectivity index (χ2n) is 7.65. The van der Waals surface area contributed by atoms with Crippen LogP contribution in [0.3, 0.4) is 0 Å². The van der Waals surface area contributed by atoms with Gasteiger partial charge in [0.1, 0.15) is 10.1 Å². The summed E-state index contributed by atoms with van der Waals surface area (Å²) in [5, 5.41) is 7.92. The van der Waals surface area contributed by atoms with Crippen LogP contribution >= 0.6 is 23.2 Å². The molecule has 2 amide bonds. The molecule has 173 valence electrons. The standard InChI is InChI=1S/C10H11Cl2NO4.3C4H9.Sn/c11-7-8(12)10(17)13(9(7)16)5-3-1-2-4-6(14)15;3*1-3-4-2;/h1-5H2,(H,14,15);3*1,3-4H2,2H3;. The Kier molecular flexibility index (Phi) is 18.1. The molecule has 1 radical (unpaired) electrons. The van der Waals surface area contributed by atoms with E-state index in [1.807, 2.05) is 0 Å². The van der Waals surface area contributed by atoms with Crippen LogP contribution in [0.15, 0.2) is 10.1 Å². The maximum Gasteiger partial charge on any atom is 0.303 e. The van der Waals surface area contributed by atoms with Crippen LogP contribution in [0.5, 0.6) is 0 Å². The van der Waals surface area contributed by atoms with Gasteiger partial charge in [-0.25, -0.2) is 0 Å². The molecule has 0 aromatic rings. The van der Waals surface area contributed by atoms with Crippen molar-refractivity contribution in [2.75, 3.05) is 6.54 Å². The Morgan fingerprint density at radius 3 is 1.60 bits per heavy atom. The Balaban J connectivity index is 0.000000584. The first kappa shape index (κ1) is 29.7. The Bertz CT molecular complexity index is 526. The van der Waals surface area contributed by atoms with Crippen LogP contribution in [0.1, 0.15) is 85.0 Å². The van der Waals surface area contributed by atoms with E-state index in [9.17, 15) is 14.4 Å². The summed E-state index contributed by atoms with van der Waals surface area (Å²) in [5.41, 5.74) is 0. The minimum Gasteiger partial charge on any atom is -0.481 e. The first-order chi connectivity index (χ1) is 14.3. The van der Waals surface area contributed by atoms with Gasteiger partial charge in [0.2, 0.25) is 0 Å². The number of carboxylic acids is 1. The van der Waals surface area contributed by atoms with Gasteiger partial charge < -0.3 is 5.11 Å². The minimum absolute atomic E-state index is 0.0850. The molecule has 0 bridgehead atoms. The molecule has 0 unspecified atom stereocenters. The minimum atomic E-state index is -0.855. The number of hydrogen-bond acceptors (Lipinski definition) is 3. The van der Waals surface area contributed by atoms with Crippen LogP contribution in [0.2, 0.25) is 13.3 Å². The normalized spacial score (nSPS) is 13.9. The molecule has 0 atom stereocenters. The van der Waals surface area contributed by atoms with E-state index in [1.165, 1.54) is 38.5 Å². The van der Waals surface area contributed by atoms with Crippen molar-refractivity contribution in [3.05, 3.63) is 10.1 Å². The molecule has 1 N–H and O–H groups in total. The summed E-state index contributed by atoms with van der Waals surface area (Å²) in [4.78, 5) is 34.1. The topological polar surface area (TPSA) is 74.7 Å². The molecule has 0 aliphatic carbocycles. The second-order valence-corrected chi connectivity index (χ2v) is 17.0. The van der Waals surface area contributed by atoms with Crippen LogP contribution in [0.4, 0.5) is 0 Å². The number of carbonyl (C=O) groups is 3. The van der Waals surface area contributed by atoms with Crippen molar-refractivity contribution in [3.63, 3.8) is 0 Å². The number of carboxylic acid groups (broad SMARTS) is 1. The predicted molar refractivity (Wildman–Crippen MR) is 126 cm³/mol. The summed E-state index contributed by atoms with van der Waals surface area (Å²) in [6, 6.07) is 0. The zero-order chi connectivity index (χ0) is 22.9. The molecule has 0 aromatic heterocycles. The summed E-state index contributed by atoms with van der Waals surface area (Å²) in [7, 11) is 0. The maximum absolute atomic E-state index is 11.4. The molecule has 0 saturated carbocycles. The average molecular weight is 570 g/mol. The van der Waals surface area contributed by atoms with Crippen molar-refractivity contribution >= 4 is 60.7 Å². The van der Waals surface area contributed by atoms with Gasteiger partial charge in [0.15, 0.2) is 0 Å². The average Bonchev–Trinajstić information content (AvgIpc) is 2.90. The third-order valence-electron chi connectivity index (χ3n) is 4.98. The van der Waals surface area contributed by atoms with Gasteiger partial charge in [-0.3, -0.25) is 19.3 Å². The number of rotatable bonds is 15. The summed E-state index contributed by atoms with van der Waals surface area (Å²) in [5.74, 6) is -2.02. The van der Waals surface area contributed by atoms with E-state index >= 15 is 0 Å². The Hall–Kier alpha value is -0.271. The Morgan fingerprint density at radius 1 is 0.800 bits per heavy atom. The quantitative estimate of drug-likeness (QED) is 0.137. The molecule has 0 spiro atoms. The number of carbonyl (C=O) groups excluding carboxylic acids is 2. The number of halogens is 2. The van der Waals surface area contributed by atoms with Gasteiger partial charge in [-0.2, -0.15) is 0 Å². The first-order valence-corrected chi connectivity index (χ1v) is 18.1. The number of hydrogen-bond donors (Lipinski definition) is 1. The Morgan fingerprint density at radius 2 is 1.23 bits per heavy atom. The number of nitrogens with zero attached hydrogens (tertiary/aromatic N) is 1. The van der Waals surface area contributed by atoms with E-state index in [0.717, 1.165) is 4.90 Å². The summed E-state index contributed by atoms with van der Waals surface area (Å²) in [6.07, 6.45) is 10.6. The van der Waals surface area contributed by atoms with Gasteiger partial charge in [0.05, 0.1) is 0 Å². The van der Waals surface area contributed by atoms with Crippen LogP contribution < -0.4 is 0 Å². The van der Waals surface area contributed by atoms with Crippen LogP contribution in [0, 0.1) is 0 Å². The third kappa shape index (κ3) is 12.6. The summed E-state index contributed by atoms with van der Waals surface area (Å²) >= 11 is 10.2. The molecule has 0 fully saturated rings. The molecule has 1 heterocycles. The fourth-order valence-electron chi connectivity index (χ4n) is 3.10. The zero-order valence-electron chi connectivity index (χ0n) is 18.8. The monoisotopic (exact) mass is 570 g/mol. The molecule has 1 aliphatic heterocycles. The van der Waals surface area contributed by atoms with Crippen molar-refractivity contribution in [2.45, 2.75) is 98.3 Å². The maximum atomic E-state index is 11.4. The number of unbranched alkanes of at least 4 members (excludes halogenated alkanes) is 5. The molecule has 8 heteroatoms. The van der Waals surface area contributed by atoms with Gasteiger partial charge in [0, 0.05) is 13.0 Å². The third-order valence-corrected chi connectivity index (χ3v) is 14.9. The van der Waals surface area contributed by atoms with Crippen molar-refractivity contribution < 1.29 is 19.5 Å². The van der Waals surface area contributed by atoms with E-state index in [1.54, 1.807) is 13.3 Å². The molecule has 1 aliphatic rings. The van der Waals surface area contributed by atoms with Gasteiger partial charge in [-0.15, -0.1) is 0 Å². The molecular weight excluding hydrogens is 532 g/mol. The molecule has 30 heavy (non-hydrogen) atoms. The fourth-order valence-corrected chi connectivity index (χ4v) is 12.9. The van der Waals surface area contributed by atoms with Crippen LogP contribution in [-0.4, -0.2) is 54.1 Å². The van der Waals surface area contributed by atoms with Crippen molar-refractivity contribution in [3.8, 4) is 0 Å². The first-order valence-electron chi connectivity index (χ1n) is 11.3. The van der Waals surface area contributed by atoms with E-state index in [-0.39, 0.29) is 23.0 Å². The second kappa shape index (κ2) is 18.3. The van der Waals surface area contributed by atoms with Crippen LogP contribution in [-0.2, 0) is 14.4 Å². The number of imide groups is 1. The summed E-state index contributed by atoms with van der Waals surface area (Å²) < 4.78 is 5.04. The van der Waals surface area contributed by atoms with Gasteiger partial charge in [-0.1, -0.05) is 29.6 Å². The SMILES string of the molecule is CCC[CH2][Sn]([CH2]CCC)[CH2]CCC.O=C(O)CCCCCN1C(=O)C(Cl)=C(Cl)C1=O. The van der Waals surface area contributed by atoms with E-state index in [4.69, 9.17) is 28.3 Å². The van der Waals surface area contributed by atoms with Gasteiger partial charge >= 0.3 is 98.3 Å². The number of aliphatic carboxylic acids is 1. The number of amides is 2. The van der Waals surface area contributed by atoms with Crippen LogP contribution in [0.25, 0.3) is 0 Å². The van der Waals surface area contributed by atoms with Crippen molar-refractivity contribution in [1.82, 2.24) is 4.90 Å². The fraction of sp³-hybridized carbons (Fsp3) is 0.773. The largest absolute Gasteiger partial charge is 0.481 e. The van der Waals surface area contributed by atoms with E-state index in [2.05, 4.69) is 20.8 Å². The molecule has 5 nitrogen and oxygen atoms in total. The molecule has 0 aromatic carbocycles. The predicted octanol–water partition coefficient (Wildman–Crippen LogP) is 6.57. The van der Waals surface area contributed by atoms with E-state index in [0.29, 0.717) is 19.3 Å². The zero-order valence-corrected chi connectivity index (χ0v) is 23.1. The van der Waals surface area contributed by atoms with Gasteiger partial charge in [0.25, 0.3) is 11.8 Å². The van der Waals surface area contributed by atoms with Crippen molar-refractivity contribution in [1.29, 1.82) is 0 Å². The Labute approximate surface area is 199 Å². The van der Waals surface area contributed by atoms with E-state index < -0.39 is 37.5 Å².